The number of carbonyl (C=O) groups is 1. The number of hydrogen-bond donors (Lipinski definition) is 2. The van der Waals surface area contributed by atoms with Crippen LogP contribution in [0.1, 0.15) is 10.4 Å². The minimum Gasteiger partial charge on any atom is -0.497 e. The van der Waals surface area contributed by atoms with Crippen molar-refractivity contribution in [2.45, 2.75) is 4.90 Å². The maximum atomic E-state index is 12.0. The van der Waals surface area contributed by atoms with Crippen molar-refractivity contribution in [3.63, 3.8) is 0 Å². The van der Waals surface area contributed by atoms with Gasteiger partial charge in [-0.1, -0.05) is 15.9 Å². The summed E-state index contributed by atoms with van der Waals surface area (Å²) in [7, 11) is -2.36. The van der Waals surface area contributed by atoms with Crippen molar-refractivity contribution < 1.29 is 17.9 Å². The molecule has 0 aromatic heterocycles. The average Bonchev–Trinajstić information content (AvgIpc) is 2.53. The van der Waals surface area contributed by atoms with Gasteiger partial charge in [0.15, 0.2) is 0 Å². The topological polar surface area (TPSA) is 84.5 Å². The molecule has 0 fully saturated rings. The first-order valence-corrected chi connectivity index (χ1v) is 8.42. The van der Waals surface area contributed by atoms with E-state index in [4.69, 9.17) is 4.74 Å². The van der Waals surface area contributed by atoms with Crippen LogP contribution in [0.5, 0.6) is 5.75 Å². The molecular weight excluding hydrogens is 372 g/mol. The van der Waals surface area contributed by atoms with Crippen LogP contribution < -0.4 is 15.0 Å². The number of hydrogen-bond acceptors (Lipinski definition) is 4. The molecule has 0 heterocycles. The Hall–Kier alpha value is -1.90. The van der Waals surface area contributed by atoms with E-state index in [0.717, 1.165) is 4.47 Å². The smallest absolute Gasteiger partial charge is 0.266 e. The van der Waals surface area contributed by atoms with Crippen LogP contribution in [0.4, 0.5) is 0 Å². The summed E-state index contributed by atoms with van der Waals surface area (Å²) in [5, 5.41) is 0. The normalized spacial score (nSPS) is 11.0. The molecule has 0 spiro atoms. The van der Waals surface area contributed by atoms with Crippen LogP contribution in [-0.4, -0.2) is 21.4 Å². The predicted molar refractivity (Wildman–Crippen MR) is 84.9 cm³/mol. The van der Waals surface area contributed by atoms with Crippen molar-refractivity contribution in [2.75, 3.05) is 7.11 Å². The van der Waals surface area contributed by atoms with E-state index < -0.39 is 15.9 Å². The summed E-state index contributed by atoms with van der Waals surface area (Å²) in [5.74, 6) is -0.0116. The molecule has 0 bridgehead atoms. The highest BCUT2D eigenvalue weighted by molar-refractivity contribution is 9.10. The van der Waals surface area contributed by atoms with Crippen molar-refractivity contribution in [1.82, 2.24) is 10.3 Å². The fraction of sp³-hybridized carbons (Fsp3) is 0.0714. The molecule has 0 atom stereocenters. The Balaban J connectivity index is 2.05. The highest BCUT2D eigenvalue weighted by Gasteiger charge is 2.15. The van der Waals surface area contributed by atoms with Gasteiger partial charge in [-0.15, -0.1) is 4.83 Å². The van der Waals surface area contributed by atoms with Gasteiger partial charge < -0.3 is 4.74 Å². The Morgan fingerprint density at radius 3 is 2.18 bits per heavy atom. The van der Waals surface area contributed by atoms with Gasteiger partial charge in [0.25, 0.3) is 15.9 Å². The van der Waals surface area contributed by atoms with Crippen LogP contribution in [0.25, 0.3) is 0 Å². The maximum Gasteiger partial charge on any atom is 0.266 e. The van der Waals surface area contributed by atoms with E-state index in [1.165, 1.54) is 31.4 Å². The van der Waals surface area contributed by atoms with Gasteiger partial charge in [-0.25, -0.2) is 8.42 Å². The lowest BCUT2D eigenvalue weighted by Gasteiger charge is -2.09. The molecule has 0 aliphatic carbocycles. The fourth-order valence-electron chi connectivity index (χ4n) is 1.60. The molecule has 6 nitrogen and oxygen atoms in total. The molecule has 0 saturated heterocycles. The van der Waals surface area contributed by atoms with Gasteiger partial charge >= 0.3 is 0 Å². The third-order valence-electron chi connectivity index (χ3n) is 2.78. The Labute approximate surface area is 136 Å². The van der Waals surface area contributed by atoms with Gasteiger partial charge in [0, 0.05) is 10.0 Å². The second-order valence-corrected chi connectivity index (χ2v) is 6.84. The standard InChI is InChI=1S/C14H13BrN2O4S/c1-21-12-6-8-13(9-7-12)22(19,20)17-16-14(18)10-2-4-11(15)5-3-10/h2-9,17H,1H3,(H,16,18). The number of hydrazine groups is 1. The van der Waals surface area contributed by atoms with Gasteiger partial charge in [0.05, 0.1) is 12.0 Å². The first-order chi connectivity index (χ1) is 10.4. The van der Waals surface area contributed by atoms with Crippen molar-refractivity contribution >= 4 is 31.9 Å². The molecule has 8 heteroatoms. The molecule has 2 N–H and O–H groups in total. The fourth-order valence-corrected chi connectivity index (χ4v) is 2.70. The van der Waals surface area contributed by atoms with Crippen LogP contribution in [0.15, 0.2) is 57.9 Å². The number of ether oxygens (including phenoxy) is 1. The molecule has 0 radical (unpaired) electrons. The highest BCUT2D eigenvalue weighted by atomic mass is 79.9. The second-order valence-electron chi connectivity index (χ2n) is 4.24. The third kappa shape index (κ3) is 4.06. The number of benzene rings is 2. The lowest BCUT2D eigenvalue weighted by atomic mass is 10.2. The van der Waals surface area contributed by atoms with Gasteiger partial charge in [-0.2, -0.15) is 0 Å². The molecule has 2 rings (SSSR count). The van der Waals surface area contributed by atoms with E-state index in [2.05, 4.69) is 21.4 Å². The average molecular weight is 385 g/mol. The quantitative estimate of drug-likeness (QED) is 0.772. The minimum absolute atomic E-state index is 0.0180. The monoisotopic (exact) mass is 384 g/mol. The molecule has 0 unspecified atom stereocenters. The lowest BCUT2D eigenvalue weighted by molar-refractivity contribution is 0.0945. The first-order valence-electron chi connectivity index (χ1n) is 6.14. The summed E-state index contributed by atoms with van der Waals surface area (Å²) >= 11 is 3.25. The Kier molecular flexibility index (Phi) is 5.17. The molecule has 0 aliphatic rings. The highest BCUT2D eigenvalue weighted by Crippen LogP contribution is 2.15. The Morgan fingerprint density at radius 1 is 1.05 bits per heavy atom. The molecule has 2 aromatic rings. The summed E-state index contributed by atoms with van der Waals surface area (Å²) in [4.78, 5) is 13.9. The van der Waals surface area contributed by atoms with Crippen LogP contribution in [-0.2, 0) is 10.0 Å². The molecule has 1 amide bonds. The van der Waals surface area contributed by atoms with Crippen LogP contribution in [0.2, 0.25) is 0 Å². The molecule has 0 aliphatic heterocycles. The van der Waals surface area contributed by atoms with E-state index >= 15 is 0 Å². The van der Waals surface area contributed by atoms with E-state index in [1.54, 1.807) is 24.3 Å². The molecule has 0 saturated carbocycles. The summed E-state index contributed by atoms with van der Waals surface area (Å²) < 4.78 is 29.9. The van der Waals surface area contributed by atoms with Crippen molar-refractivity contribution in [2.24, 2.45) is 0 Å². The Morgan fingerprint density at radius 2 is 1.64 bits per heavy atom. The summed E-state index contributed by atoms with van der Waals surface area (Å²) in [5.41, 5.74) is 2.50. The van der Waals surface area contributed by atoms with E-state index in [0.29, 0.717) is 11.3 Å². The summed E-state index contributed by atoms with van der Waals surface area (Å²) in [6, 6.07) is 12.3. The second kappa shape index (κ2) is 6.91. The van der Waals surface area contributed by atoms with Gasteiger partial charge in [0.1, 0.15) is 5.75 Å². The van der Waals surface area contributed by atoms with Gasteiger partial charge in [-0.05, 0) is 48.5 Å². The minimum atomic E-state index is -3.84. The molecule has 22 heavy (non-hydrogen) atoms. The van der Waals surface area contributed by atoms with E-state index in [9.17, 15) is 13.2 Å². The van der Waals surface area contributed by atoms with Crippen molar-refractivity contribution in [3.05, 3.63) is 58.6 Å². The predicted octanol–water partition coefficient (Wildman–Crippen LogP) is 2.08. The number of halogens is 1. The molecular formula is C14H13BrN2O4S. The van der Waals surface area contributed by atoms with E-state index in [-0.39, 0.29) is 4.90 Å². The van der Waals surface area contributed by atoms with Crippen molar-refractivity contribution in [1.29, 1.82) is 0 Å². The largest absolute Gasteiger partial charge is 0.497 e. The zero-order valence-corrected chi connectivity index (χ0v) is 13.9. The van der Waals surface area contributed by atoms with Crippen molar-refractivity contribution in [3.8, 4) is 5.75 Å². The van der Waals surface area contributed by atoms with Gasteiger partial charge in [-0.3, -0.25) is 10.2 Å². The van der Waals surface area contributed by atoms with Gasteiger partial charge in [0.2, 0.25) is 0 Å². The third-order valence-corrected chi connectivity index (χ3v) is 4.57. The maximum absolute atomic E-state index is 12.0. The summed E-state index contributed by atoms with van der Waals surface area (Å²) in [6.07, 6.45) is 0. The zero-order chi connectivity index (χ0) is 16.2. The van der Waals surface area contributed by atoms with Crippen LogP contribution in [0, 0.1) is 0 Å². The SMILES string of the molecule is COc1ccc(S(=O)(=O)NNC(=O)c2ccc(Br)cc2)cc1. The van der Waals surface area contributed by atoms with Crippen LogP contribution >= 0.6 is 15.9 Å². The number of rotatable bonds is 5. The number of methoxy groups -OCH3 is 1. The zero-order valence-electron chi connectivity index (χ0n) is 11.5. The molecule has 2 aromatic carbocycles. The summed E-state index contributed by atoms with van der Waals surface area (Å²) in [6.45, 7) is 0. The lowest BCUT2D eigenvalue weighted by Crippen LogP contribution is -2.41. The number of sulfonamides is 1. The number of carbonyl (C=O) groups excluding carboxylic acids is 1. The van der Waals surface area contributed by atoms with Crippen LogP contribution in [0.3, 0.4) is 0 Å². The number of amides is 1. The first kappa shape index (κ1) is 16.5. The van der Waals surface area contributed by atoms with E-state index in [1.807, 2.05) is 4.83 Å². The number of nitrogens with one attached hydrogen (secondary N) is 2. The Bertz CT molecular complexity index is 758. The molecule has 116 valence electrons.